The number of carbonyl (C=O) groups excluding carboxylic acids is 1. The maximum absolute atomic E-state index is 12.4. The highest BCUT2D eigenvalue weighted by atomic mass is 16.5. The summed E-state index contributed by atoms with van der Waals surface area (Å²) >= 11 is 0. The molecule has 0 aromatic carbocycles. The van der Waals surface area contributed by atoms with E-state index in [1.165, 1.54) is 0 Å². The van der Waals surface area contributed by atoms with Gasteiger partial charge in [-0.05, 0) is 49.7 Å². The van der Waals surface area contributed by atoms with Crippen LogP contribution in [0, 0.1) is 11.8 Å². The van der Waals surface area contributed by atoms with Gasteiger partial charge in [0.05, 0.1) is 6.61 Å². The Labute approximate surface area is 132 Å². The lowest BCUT2D eigenvalue weighted by molar-refractivity contribution is 0.0908. The van der Waals surface area contributed by atoms with Gasteiger partial charge in [-0.1, -0.05) is 13.8 Å². The number of aliphatic hydroxyl groups excluding tert-OH is 1. The van der Waals surface area contributed by atoms with Crippen molar-refractivity contribution in [2.75, 3.05) is 13.2 Å². The molecule has 1 fully saturated rings. The molecule has 0 bridgehead atoms. The summed E-state index contributed by atoms with van der Waals surface area (Å²) in [5, 5.41) is 12.2. The standard InChI is InChI=1S/C17H26N2O3/c1-12(2)11-22-17-15(4-3-9-18-17)16(21)19-14-7-5-13(10-20)6-8-14/h3-4,9,12-14,20H,5-8,10-11H2,1-2H3,(H,19,21). The van der Waals surface area contributed by atoms with Crippen molar-refractivity contribution in [3.63, 3.8) is 0 Å². The van der Waals surface area contributed by atoms with E-state index in [0.717, 1.165) is 25.7 Å². The Kier molecular flexibility index (Phi) is 6.19. The van der Waals surface area contributed by atoms with Crippen LogP contribution in [0.5, 0.6) is 5.88 Å². The Morgan fingerprint density at radius 2 is 2.14 bits per heavy atom. The molecule has 0 unspecified atom stereocenters. The molecule has 1 heterocycles. The van der Waals surface area contributed by atoms with E-state index in [-0.39, 0.29) is 18.6 Å². The molecule has 22 heavy (non-hydrogen) atoms. The van der Waals surface area contributed by atoms with Crippen molar-refractivity contribution in [1.82, 2.24) is 10.3 Å². The molecule has 5 nitrogen and oxygen atoms in total. The van der Waals surface area contributed by atoms with E-state index in [4.69, 9.17) is 9.84 Å². The zero-order valence-corrected chi connectivity index (χ0v) is 13.4. The lowest BCUT2D eigenvalue weighted by Crippen LogP contribution is -2.38. The number of nitrogens with one attached hydrogen (secondary N) is 1. The first-order chi connectivity index (χ1) is 10.6. The topological polar surface area (TPSA) is 71.5 Å². The van der Waals surface area contributed by atoms with E-state index in [1.807, 2.05) is 0 Å². The fourth-order valence-corrected chi connectivity index (χ4v) is 2.68. The van der Waals surface area contributed by atoms with Gasteiger partial charge in [0.25, 0.3) is 5.91 Å². The molecule has 122 valence electrons. The smallest absolute Gasteiger partial charge is 0.256 e. The molecule has 1 aliphatic rings. The van der Waals surface area contributed by atoms with Crippen LogP contribution in [-0.4, -0.2) is 35.3 Å². The fourth-order valence-electron chi connectivity index (χ4n) is 2.68. The summed E-state index contributed by atoms with van der Waals surface area (Å²) in [5.41, 5.74) is 0.493. The average molecular weight is 306 g/mol. The number of hydrogen-bond donors (Lipinski definition) is 2. The van der Waals surface area contributed by atoms with E-state index >= 15 is 0 Å². The van der Waals surface area contributed by atoms with Gasteiger partial charge in [0, 0.05) is 18.8 Å². The third-order valence-electron chi connectivity index (χ3n) is 4.01. The average Bonchev–Trinajstić information content (AvgIpc) is 2.54. The van der Waals surface area contributed by atoms with Crippen LogP contribution < -0.4 is 10.1 Å². The van der Waals surface area contributed by atoms with Crippen LogP contribution in [-0.2, 0) is 0 Å². The monoisotopic (exact) mass is 306 g/mol. The number of nitrogens with zero attached hydrogens (tertiary/aromatic N) is 1. The largest absolute Gasteiger partial charge is 0.477 e. The van der Waals surface area contributed by atoms with Crippen molar-refractivity contribution >= 4 is 5.91 Å². The van der Waals surface area contributed by atoms with Crippen LogP contribution in [0.1, 0.15) is 49.9 Å². The van der Waals surface area contributed by atoms with Gasteiger partial charge in [0.1, 0.15) is 5.56 Å². The molecule has 0 saturated heterocycles. The van der Waals surface area contributed by atoms with Gasteiger partial charge in [-0.2, -0.15) is 0 Å². The lowest BCUT2D eigenvalue weighted by Gasteiger charge is -2.28. The van der Waals surface area contributed by atoms with E-state index in [0.29, 0.717) is 29.9 Å². The Morgan fingerprint density at radius 3 is 2.77 bits per heavy atom. The van der Waals surface area contributed by atoms with Crippen molar-refractivity contribution < 1.29 is 14.6 Å². The second-order valence-corrected chi connectivity index (χ2v) is 6.43. The van der Waals surface area contributed by atoms with Gasteiger partial charge in [-0.15, -0.1) is 0 Å². The first-order valence-electron chi connectivity index (χ1n) is 8.09. The number of amides is 1. The minimum atomic E-state index is -0.126. The molecule has 5 heteroatoms. The van der Waals surface area contributed by atoms with Crippen molar-refractivity contribution in [2.45, 2.75) is 45.6 Å². The normalized spacial score (nSPS) is 21.6. The van der Waals surface area contributed by atoms with E-state index in [1.54, 1.807) is 18.3 Å². The molecule has 2 N–H and O–H groups in total. The predicted octanol–water partition coefficient (Wildman–Crippen LogP) is 2.40. The second kappa shape index (κ2) is 8.13. The summed E-state index contributed by atoms with van der Waals surface area (Å²) in [6.45, 7) is 4.90. The number of pyridine rings is 1. The summed E-state index contributed by atoms with van der Waals surface area (Å²) in [7, 11) is 0. The highest BCUT2D eigenvalue weighted by Gasteiger charge is 2.23. The predicted molar refractivity (Wildman–Crippen MR) is 84.9 cm³/mol. The number of hydrogen-bond acceptors (Lipinski definition) is 4. The minimum Gasteiger partial charge on any atom is -0.477 e. The highest BCUT2D eigenvalue weighted by molar-refractivity contribution is 5.96. The van der Waals surface area contributed by atoms with Crippen molar-refractivity contribution in [3.8, 4) is 5.88 Å². The Balaban J connectivity index is 1.95. The van der Waals surface area contributed by atoms with Crippen LogP contribution in [0.4, 0.5) is 0 Å². The molecular formula is C17H26N2O3. The second-order valence-electron chi connectivity index (χ2n) is 6.43. The zero-order valence-electron chi connectivity index (χ0n) is 13.4. The van der Waals surface area contributed by atoms with E-state index in [9.17, 15) is 4.79 Å². The van der Waals surface area contributed by atoms with Crippen LogP contribution in [0.25, 0.3) is 0 Å². The fraction of sp³-hybridized carbons (Fsp3) is 0.647. The van der Waals surface area contributed by atoms with E-state index in [2.05, 4.69) is 24.1 Å². The molecule has 0 radical (unpaired) electrons. The van der Waals surface area contributed by atoms with Crippen LogP contribution >= 0.6 is 0 Å². The Hall–Kier alpha value is -1.62. The minimum absolute atomic E-state index is 0.126. The van der Waals surface area contributed by atoms with Gasteiger partial charge >= 0.3 is 0 Å². The zero-order chi connectivity index (χ0) is 15.9. The van der Waals surface area contributed by atoms with Gasteiger partial charge in [0.15, 0.2) is 0 Å². The van der Waals surface area contributed by atoms with Gasteiger partial charge < -0.3 is 15.2 Å². The maximum atomic E-state index is 12.4. The van der Waals surface area contributed by atoms with Crippen molar-refractivity contribution in [1.29, 1.82) is 0 Å². The van der Waals surface area contributed by atoms with Gasteiger partial charge in [0.2, 0.25) is 5.88 Å². The molecule has 0 aliphatic heterocycles. The third-order valence-corrected chi connectivity index (χ3v) is 4.01. The molecule has 2 rings (SSSR count). The van der Waals surface area contributed by atoms with Crippen molar-refractivity contribution in [3.05, 3.63) is 23.9 Å². The number of aliphatic hydroxyl groups is 1. The number of rotatable bonds is 6. The van der Waals surface area contributed by atoms with E-state index < -0.39 is 0 Å². The molecule has 1 saturated carbocycles. The summed E-state index contributed by atoms with van der Waals surface area (Å²) in [6, 6.07) is 3.67. The van der Waals surface area contributed by atoms with Crippen LogP contribution in [0.3, 0.4) is 0 Å². The SMILES string of the molecule is CC(C)COc1ncccc1C(=O)NC1CCC(CO)CC1. The summed E-state index contributed by atoms with van der Waals surface area (Å²) in [4.78, 5) is 16.6. The van der Waals surface area contributed by atoms with Crippen molar-refractivity contribution in [2.24, 2.45) is 11.8 Å². The maximum Gasteiger partial charge on any atom is 0.256 e. The molecule has 1 aromatic rings. The quantitative estimate of drug-likeness (QED) is 0.846. The molecule has 0 atom stereocenters. The first-order valence-corrected chi connectivity index (χ1v) is 8.09. The van der Waals surface area contributed by atoms with Gasteiger partial charge in [-0.25, -0.2) is 4.98 Å². The first kappa shape index (κ1) is 16.7. The molecule has 0 spiro atoms. The third kappa shape index (κ3) is 4.70. The lowest BCUT2D eigenvalue weighted by atomic mass is 9.86. The van der Waals surface area contributed by atoms with Crippen LogP contribution in [0.15, 0.2) is 18.3 Å². The number of aromatic nitrogens is 1. The summed E-state index contributed by atoms with van der Waals surface area (Å²) < 4.78 is 5.64. The van der Waals surface area contributed by atoms with Gasteiger partial charge in [-0.3, -0.25) is 4.79 Å². The Morgan fingerprint density at radius 1 is 1.41 bits per heavy atom. The molecule has 1 aliphatic carbocycles. The highest BCUT2D eigenvalue weighted by Crippen LogP contribution is 2.24. The molecule has 1 amide bonds. The molecule has 1 aromatic heterocycles. The summed E-state index contributed by atoms with van der Waals surface area (Å²) in [5.74, 6) is 1.04. The molecular weight excluding hydrogens is 280 g/mol. The number of ether oxygens (including phenoxy) is 1. The number of carbonyl (C=O) groups is 1. The Bertz CT molecular complexity index is 483. The van der Waals surface area contributed by atoms with Crippen LogP contribution in [0.2, 0.25) is 0 Å². The summed E-state index contributed by atoms with van der Waals surface area (Å²) in [6.07, 6.45) is 5.40.